The van der Waals surface area contributed by atoms with Crippen molar-refractivity contribution in [2.24, 2.45) is 0 Å². The van der Waals surface area contributed by atoms with Gasteiger partial charge in [-0.25, -0.2) is 0 Å². The zero-order valence-corrected chi connectivity index (χ0v) is 13.8. The molecule has 6 heteroatoms. The SMILES string of the molecule is CCCOc1ccc(Br)cc1CNc1cccc([N+](=O)[O-])c1. The van der Waals surface area contributed by atoms with Crippen LogP contribution in [0.2, 0.25) is 0 Å². The molecule has 1 N–H and O–H groups in total. The van der Waals surface area contributed by atoms with Crippen molar-refractivity contribution in [1.82, 2.24) is 0 Å². The number of nitrogens with one attached hydrogen (secondary N) is 1. The summed E-state index contributed by atoms with van der Waals surface area (Å²) < 4.78 is 6.69. The van der Waals surface area contributed by atoms with Crippen molar-refractivity contribution in [2.45, 2.75) is 19.9 Å². The zero-order chi connectivity index (χ0) is 15.9. The minimum atomic E-state index is -0.403. The second kappa shape index (κ2) is 7.79. The van der Waals surface area contributed by atoms with Crippen LogP contribution in [0.4, 0.5) is 11.4 Å². The van der Waals surface area contributed by atoms with Gasteiger partial charge in [-0.3, -0.25) is 10.1 Å². The molecule has 0 spiro atoms. The van der Waals surface area contributed by atoms with E-state index in [1.54, 1.807) is 12.1 Å². The predicted octanol–water partition coefficient (Wildman–Crippen LogP) is 4.76. The number of hydrogen-bond acceptors (Lipinski definition) is 4. The van der Waals surface area contributed by atoms with Gasteiger partial charge in [0.05, 0.1) is 11.5 Å². The van der Waals surface area contributed by atoms with Crippen LogP contribution in [0.25, 0.3) is 0 Å². The highest BCUT2D eigenvalue weighted by Gasteiger charge is 2.08. The van der Waals surface area contributed by atoms with Gasteiger partial charge >= 0.3 is 0 Å². The van der Waals surface area contributed by atoms with Gasteiger partial charge in [0.1, 0.15) is 5.75 Å². The van der Waals surface area contributed by atoms with Gasteiger partial charge in [-0.1, -0.05) is 28.9 Å². The van der Waals surface area contributed by atoms with Crippen LogP contribution in [0.15, 0.2) is 46.9 Å². The fraction of sp³-hybridized carbons (Fsp3) is 0.250. The number of non-ortho nitro benzene ring substituents is 1. The predicted molar refractivity (Wildman–Crippen MR) is 90.4 cm³/mol. The highest BCUT2D eigenvalue weighted by molar-refractivity contribution is 9.10. The Balaban J connectivity index is 2.12. The van der Waals surface area contributed by atoms with E-state index in [9.17, 15) is 10.1 Å². The maximum Gasteiger partial charge on any atom is 0.271 e. The second-order valence-corrected chi connectivity index (χ2v) is 5.68. The molecule has 2 aromatic rings. The largest absolute Gasteiger partial charge is 0.493 e. The van der Waals surface area contributed by atoms with Crippen molar-refractivity contribution in [1.29, 1.82) is 0 Å². The van der Waals surface area contributed by atoms with Crippen LogP contribution in [0.1, 0.15) is 18.9 Å². The lowest BCUT2D eigenvalue weighted by molar-refractivity contribution is -0.384. The molecule has 116 valence electrons. The van der Waals surface area contributed by atoms with Gasteiger partial charge in [0.2, 0.25) is 0 Å². The van der Waals surface area contributed by atoms with Crippen molar-refractivity contribution in [3.8, 4) is 5.75 Å². The topological polar surface area (TPSA) is 64.4 Å². The molecule has 0 saturated carbocycles. The quantitative estimate of drug-likeness (QED) is 0.568. The van der Waals surface area contributed by atoms with Crippen LogP contribution in [0.3, 0.4) is 0 Å². The molecule has 2 aromatic carbocycles. The van der Waals surface area contributed by atoms with Gasteiger partial charge in [-0.2, -0.15) is 0 Å². The van der Waals surface area contributed by atoms with Crippen LogP contribution in [-0.2, 0) is 6.54 Å². The fourth-order valence-corrected chi connectivity index (χ4v) is 2.37. The average molecular weight is 365 g/mol. The first-order valence-corrected chi connectivity index (χ1v) is 7.79. The van der Waals surface area contributed by atoms with Crippen LogP contribution < -0.4 is 10.1 Å². The third-order valence-corrected chi connectivity index (χ3v) is 3.52. The van der Waals surface area contributed by atoms with Gasteiger partial charge in [-0.15, -0.1) is 0 Å². The summed E-state index contributed by atoms with van der Waals surface area (Å²) in [4.78, 5) is 10.4. The number of rotatable bonds is 7. The van der Waals surface area contributed by atoms with E-state index in [1.807, 2.05) is 18.2 Å². The molecule has 0 bridgehead atoms. The molecule has 0 aromatic heterocycles. The van der Waals surface area contributed by atoms with Gasteiger partial charge < -0.3 is 10.1 Å². The molecule has 0 heterocycles. The van der Waals surface area contributed by atoms with E-state index < -0.39 is 4.92 Å². The number of benzene rings is 2. The van der Waals surface area contributed by atoms with E-state index >= 15 is 0 Å². The lowest BCUT2D eigenvalue weighted by Gasteiger charge is -2.13. The number of nitro groups is 1. The minimum Gasteiger partial charge on any atom is -0.493 e. The molecule has 0 unspecified atom stereocenters. The molecule has 0 aliphatic heterocycles. The summed E-state index contributed by atoms with van der Waals surface area (Å²) in [5, 5.41) is 14.0. The van der Waals surface area contributed by atoms with Crippen molar-refractivity contribution in [3.63, 3.8) is 0 Å². The number of halogens is 1. The lowest BCUT2D eigenvalue weighted by Crippen LogP contribution is -2.04. The summed E-state index contributed by atoms with van der Waals surface area (Å²) >= 11 is 3.45. The van der Waals surface area contributed by atoms with E-state index in [1.165, 1.54) is 12.1 Å². The first kappa shape index (κ1) is 16.3. The van der Waals surface area contributed by atoms with E-state index in [0.717, 1.165) is 22.2 Å². The molecular formula is C16H17BrN2O3. The summed E-state index contributed by atoms with van der Waals surface area (Å²) in [5.74, 6) is 0.822. The van der Waals surface area contributed by atoms with Crippen molar-refractivity contribution in [3.05, 3.63) is 62.6 Å². The molecule has 5 nitrogen and oxygen atoms in total. The summed E-state index contributed by atoms with van der Waals surface area (Å²) in [7, 11) is 0. The van der Waals surface area contributed by atoms with Crippen LogP contribution in [0, 0.1) is 10.1 Å². The number of nitro benzene ring substituents is 1. The average Bonchev–Trinajstić information content (AvgIpc) is 2.52. The highest BCUT2D eigenvalue weighted by Crippen LogP contribution is 2.25. The third-order valence-electron chi connectivity index (χ3n) is 3.02. The molecule has 2 rings (SSSR count). The molecule has 0 aliphatic carbocycles. The van der Waals surface area contributed by atoms with Crippen molar-refractivity contribution < 1.29 is 9.66 Å². The Hall–Kier alpha value is -2.08. The summed E-state index contributed by atoms with van der Waals surface area (Å²) in [6, 6.07) is 12.3. The van der Waals surface area contributed by atoms with Gasteiger partial charge in [0, 0.05) is 34.4 Å². The Morgan fingerprint density at radius 2 is 2.09 bits per heavy atom. The number of nitrogens with zero attached hydrogens (tertiary/aromatic N) is 1. The first-order chi connectivity index (χ1) is 10.6. The molecule has 0 amide bonds. The van der Waals surface area contributed by atoms with Crippen LogP contribution >= 0.6 is 15.9 Å². The zero-order valence-electron chi connectivity index (χ0n) is 12.2. The molecule has 0 radical (unpaired) electrons. The Kier molecular flexibility index (Phi) is 5.77. The second-order valence-electron chi connectivity index (χ2n) is 4.76. The fourth-order valence-electron chi connectivity index (χ4n) is 1.97. The van der Waals surface area contributed by atoms with Gasteiger partial charge in [0.25, 0.3) is 5.69 Å². The third kappa shape index (κ3) is 4.46. The maximum absolute atomic E-state index is 10.8. The smallest absolute Gasteiger partial charge is 0.271 e. The molecule has 0 aliphatic rings. The molecule has 0 fully saturated rings. The lowest BCUT2D eigenvalue weighted by atomic mass is 10.2. The monoisotopic (exact) mass is 364 g/mol. The standard InChI is InChI=1S/C16H17BrN2O3/c1-2-8-22-16-7-6-13(17)9-12(16)11-18-14-4-3-5-15(10-14)19(20)21/h3-7,9-10,18H,2,8,11H2,1H3. The Morgan fingerprint density at radius 1 is 1.27 bits per heavy atom. The van der Waals surface area contributed by atoms with Crippen molar-refractivity contribution in [2.75, 3.05) is 11.9 Å². The number of anilines is 1. The first-order valence-electron chi connectivity index (χ1n) is 6.99. The molecule has 22 heavy (non-hydrogen) atoms. The van der Waals surface area contributed by atoms with Crippen LogP contribution in [-0.4, -0.2) is 11.5 Å². The molecular weight excluding hydrogens is 348 g/mol. The van der Waals surface area contributed by atoms with Gasteiger partial charge in [-0.05, 0) is 30.7 Å². The highest BCUT2D eigenvalue weighted by atomic mass is 79.9. The van der Waals surface area contributed by atoms with Crippen LogP contribution in [0.5, 0.6) is 5.75 Å². The maximum atomic E-state index is 10.8. The summed E-state index contributed by atoms with van der Waals surface area (Å²) in [6.07, 6.45) is 0.938. The Morgan fingerprint density at radius 3 is 2.82 bits per heavy atom. The molecule has 0 saturated heterocycles. The molecule has 0 atom stereocenters. The van der Waals surface area contributed by atoms with E-state index in [-0.39, 0.29) is 5.69 Å². The number of hydrogen-bond donors (Lipinski definition) is 1. The van der Waals surface area contributed by atoms with E-state index in [0.29, 0.717) is 18.8 Å². The van der Waals surface area contributed by atoms with Gasteiger partial charge in [0.15, 0.2) is 0 Å². The van der Waals surface area contributed by atoms with E-state index in [4.69, 9.17) is 4.74 Å². The van der Waals surface area contributed by atoms with E-state index in [2.05, 4.69) is 28.2 Å². The number of ether oxygens (including phenoxy) is 1. The normalized spacial score (nSPS) is 10.3. The Labute approximate surface area is 137 Å². The Bertz CT molecular complexity index is 662. The van der Waals surface area contributed by atoms with Crippen molar-refractivity contribution >= 4 is 27.3 Å². The summed E-state index contributed by atoms with van der Waals surface area (Å²) in [5.41, 5.74) is 1.77. The minimum absolute atomic E-state index is 0.0710. The summed E-state index contributed by atoms with van der Waals surface area (Å²) in [6.45, 7) is 3.24.